The smallest absolute Gasteiger partial charge is 0.214 e. The third-order valence-corrected chi connectivity index (χ3v) is 3.17. The van der Waals surface area contributed by atoms with Gasteiger partial charge in [0.15, 0.2) is 0 Å². The van der Waals surface area contributed by atoms with Crippen LogP contribution in [0, 0.1) is 17.8 Å². The largest absolute Gasteiger partial charge is 0.477 e. The van der Waals surface area contributed by atoms with Crippen LogP contribution >= 0.6 is 0 Å². The lowest BCUT2D eigenvalue weighted by Gasteiger charge is -2.21. The van der Waals surface area contributed by atoms with Gasteiger partial charge in [-0.15, -0.1) is 0 Å². The Morgan fingerprint density at radius 3 is 2.88 bits per heavy atom. The summed E-state index contributed by atoms with van der Waals surface area (Å²) < 4.78 is 5.75. The standard InChI is InChI=1S/C15H19NO/c1-2-7-14-10-6-11-15(16-14)17-12-13-8-4-3-5-9-13/h6,10-11,13H,3-5,8-9,12H2,1H3. The first-order valence-corrected chi connectivity index (χ1v) is 6.41. The number of rotatable bonds is 3. The molecule has 0 atom stereocenters. The summed E-state index contributed by atoms with van der Waals surface area (Å²) in [5.74, 6) is 7.21. The van der Waals surface area contributed by atoms with Gasteiger partial charge < -0.3 is 4.74 Å². The maximum absolute atomic E-state index is 5.75. The van der Waals surface area contributed by atoms with Gasteiger partial charge in [-0.05, 0) is 37.7 Å². The summed E-state index contributed by atoms with van der Waals surface area (Å²) in [5.41, 5.74) is 0.786. The molecule has 2 nitrogen and oxygen atoms in total. The quantitative estimate of drug-likeness (QED) is 0.741. The van der Waals surface area contributed by atoms with Crippen molar-refractivity contribution in [3.8, 4) is 17.7 Å². The Hall–Kier alpha value is -1.49. The van der Waals surface area contributed by atoms with E-state index in [4.69, 9.17) is 4.74 Å². The normalized spacial score (nSPS) is 16.1. The van der Waals surface area contributed by atoms with Crippen LogP contribution in [0.1, 0.15) is 44.7 Å². The Balaban J connectivity index is 1.88. The van der Waals surface area contributed by atoms with Crippen LogP contribution in [0.15, 0.2) is 18.2 Å². The van der Waals surface area contributed by atoms with Crippen molar-refractivity contribution < 1.29 is 4.74 Å². The molecular formula is C15H19NO. The van der Waals surface area contributed by atoms with Gasteiger partial charge in [-0.1, -0.05) is 31.2 Å². The van der Waals surface area contributed by atoms with Gasteiger partial charge in [-0.2, -0.15) is 0 Å². The van der Waals surface area contributed by atoms with Crippen LogP contribution in [0.2, 0.25) is 0 Å². The van der Waals surface area contributed by atoms with E-state index in [1.165, 1.54) is 32.1 Å². The Bertz CT molecular complexity index is 410. The second kappa shape index (κ2) is 6.30. The van der Waals surface area contributed by atoms with Crippen molar-refractivity contribution in [1.82, 2.24) is 4.98 Å². The maximum atomic E-state index is 5.75. The van der Waals surface area contributed by atoms with Crippen molar-refractivity contribution in [2.24, 2.45) is 5.92 Å². The van der Waals surface area contributed by atoms with E-state index < -0.39 is 0 Å². The zero-order valence-corrected chi connectivity index (χ0v) is 10.4. The van der Waals surface area contributed by atoms with Crippen LogP contribution < -0.4 is 4.74 Å². The number of hydrogen-bond acceptors (Lipinski definition) is 2. The van der Waals surface area contributed by atoms with Crippen molar-refractivity contribution in [2.45, 2.75) is 39.0 Å². The van der Waals surface area contributed by atoms with Crippen LogP contribution in [-0.4, -0.2) is 11.6 Å². The fourth-order valence-corrected chi connectivity index (χ4v) is 2.25. The van der Waals surface area contributed by atoms with E-state index in [9.17, 15) is 0 Å². The van der Waals surface area contributed by atoms with Crippen LogP contribution in [0.4, 0.5) is 0 Å². The molecule has 0 aromatic carbocycles. The van der Waals surface area contributed by atoms with E-state index >= 15 is 0 Å². The van der Waals surface area contributed by atoms with Crippen LogP contribution in [0.25, 0.3) is 0 Å². The minimum Gasteiger partial charge on any atom is -0.477 e. The fraction of sp³-hybridized carbons (Fsp3) is 0.533. The van der Waals surface area contributed by atoms with Crippen molar-refractivity contribution in [1.29, 1.82) is 0 Å². The van der Waals surface area contributed by atoms with Crippen molar-refractivity contribution >= 4 is 0 Å². The third kappa shape index (κ3) is 3.78. The molecule has 2 heteroatoms. The molecule has 1 aromatic rings. The molecule has 90 valence electrons. The van der Waals surface area contributed by atoms with Gasteiger partial charge >= 0.3 is 0 Å². The lowest BCUT2D eigenvalue weighted by atomic mass is 9.90. The highest BCUT2D eigenvalue weighted by atomic mass is 16.5. The number of ether oxygens (including phenoxy) is 1. The fourth-order valence-electron chi connectivity index (χ4n) is 2.25. The van der Waals surface area contributed by atoms with Crippen molar-refractivity contribution in [2.75, 3.05) is 6.61 Å². The minimum absolute atomic E-state index is 0.704. The van der Waals surface area contributed by atoms with Gasteiger partial charge in [0.05, 0.1) is 6.61 Å². The predicted molar refractivity (Wildman–Crippen MR) is 68.9 cm³/mol. The molecule has 1 aliphatic carbocycles. The van der Waals surface area contributed by atoms with E-state index in [0.29, 0.717) is 11.8 Å². The Labute approximate surface area is 103 Å². The summed E-state index contributed by atoms with van der Waals surface area (Å²) in [4.78, 5) is 4.35. The number of pyridine rings is 1. The molecule has 1 heterocycles. The topological polar surface area (TPSA) is 22.1 Å². The second-order valence-corrected chi connectivity index (χ2v) is 4.55. The summed E-state index contributed by atoms with van der Waals surface area (Å²) in [6.07, 6.45) is 6.69. The van der Waals surface area contributed by atoms with Gasteiger partial charge in [0.1, 0.15) is 5.69 Å². The van der Waals surface area contributed by atoms with E-state index in [-0.39, 0.29) is 0 Å². The molecule has 1 saturated carbocycles. The minimum atomic E-state index is 0.704. The first kappa shape index (κ1) is 12.0. The van der Waals surface area contributed by atoms with Gasteiger partial charge in [0.2, 0.25) is 5.88 Å². The van der Waals surface area contributed by atoms with Crippen LogP contribution in [0.5, 0.6) is 5.88 Å². The van der Waals surface area contributed by atoms with E-state index in [1.54, 1.807) is 0 Å². The average Bonchev–Trinajstić information content (AvgIpc) is 2.39. The van der Waals surface area contributed by atoms with E-state index in [0.717, 1.165) is 12.3 Å². The molecule has 0 saturated heterocycles. The van der Waals surface area contributed by atoms with E-state index in [1.807, 2.05) is 25.1 Å². The van der Waals surface area contributed by atoms with Crippen LogP contribution in [0.3, 0.4) is 0 Å². The highest BCUT2D eigenvalue weighted by Gasteiger charge is 2.14. The summed E-state index contributed by atoms with van der Waals surface area (Å²) in [7, 11) is 0. The molecule has 1 fully saturated rings. The van der Waals surface area contributed by atoms with Gasteiger partial charge in [0, 0.05) is 6.07 Å². The van der Waals surface area contributed by atoms with Gasteiger partial charge in [-0.3, -0.25) is 0 Å². The maximum Gasteiger partial charge on any atom is 0.214 e. The Kier molecular flexibility index (Phi) is 4.44. The molecule has 0 bridgehead atoms. The highest BCUT2D eigenvalue weighted by molar-refractivity contribution is 5.29. The second-order valence-electron chi connectivity index (χ2n) is 4.55. The molecule has 17 heavy (non-hydrogen) atoms. The Morgan fingerprint density at radius 2 is 2.12 bits per heavy atom. The Morgan fingerprint density at radius 1 is 1.29 bits per heavy atom. The molecule has 0 spiro atoms. The van der Waals surface area contributed by atoms with Crippen LogP contribution in [-0.2, 0) is 0 Å². The molecule has 1 aromatic heterocycles. The van der Waals surface area contributed by atoms with Gasteiger partial charge in [0.25, 0.3) is 0 Å². The summed E-state index contributed by atoms with van der Waals surface area (Å²) in [5, 5.41) is 0. The SMILES string of the molecule is CC#Cc1cccc(OCC2CCCCC2)n1. The number of hydrogen-bond donors (Lipinski definition) is 0. The van der Waals surface area contributed by atoms with Gasteiger partial charge in [-0.25, -0.2) is 4.98 Å². The summed E-state index contributed by atoms with van der Waals surface area (Å²) in [6, 6.07) is 5.76. The average molecular weight is 229 g/mol. The third-order valence-electron chi connectivity index (χ3n) is 3.17. The molecular weight excluding hydrogens is 210 g/mol. The molecule has 0 amide bonds. The van der Waals surface area contributed by atoms with Crippen molar-refractivity contribution in [3.63, 3.8) is 0 Å². The first-order valence-electron chi connectivity index (χ1n) is 6.41. The summed E-state index contributed by atoms with van der Waals surface area (Å²) in [6.45, 7) is 2.62. The lowest BCUT2D eigenvalue weighted by molar-refractivity contribution is 0.203. The number of aromatic nitrogens is 1. The first-order chi connectivity index (χ1) is 8.38. The molecule has 1 aliphatic rings. The highest BCUT2D eigenvalue weighted by Crippen LogP contribution is 2.24. The molecule has 0 aliphatic heterocycles. The molecule has 2 rings (SSSR count). The molecule has 0 N–H and O–H groups in total. The molecule has 0 unspecified atom stereocenters. The van der Waals surface area contributed by atoms with E-state index in [2.05, 4.69) is 16.8 Å². The molecule has 0 radical (unpaired) electrons. The monoisotopic (exact) mass is 229 g/mol. The lowest BCUT2D eigenvalue weighted by Crippen LogP contribution is -2.15. The zero-order chi connectivity index (χ0) is 11.9. The number of nitrogens with zero attached hydrogens (tertiary/aromatic N) is 1. The summed E-state index contributed by atoms with van der Waals surface area (Å²) >= 11 is 0. The zero-order valence-electron chi connectivity index (χ0n) is 10.4. The van der Waals surface area contributed by atoms with Crippen molar-refractivity contribution in [3.05, 3.63) is 23.9 Å². The predicted octanol–water partition coefficient (Wildman–Crippen LogP) is 3.41.